The zero-order valence-electron chi connectivity index (χ0n) is 13.7. The quantitative estimate of drug-likeness (QED) is 0.825. The summed E-state index contributed by atoms with van der Waals surface area (Å²) in [4.78, 5) is 11.2. The predicted octanol–water partition coefficient (Wildman–Crippen LogP) is 3.01. The lowest BCUT2D eigenvalue weighted by Gasteiger charge is -2.32. The van der Waals surface area contributed by atoms with Crippen LogP contribution < -0.4 is 5.73 Å². The Morgan fingerprint density at radius 1 is 1.30 bits per heavy atom. The first kappa shape index (κ1) is 18.0. The standard InChI is InChI=1S/C16H21BClNO4/c1-15(2)16(3,4)23-17(22-15)11(9-19)8-10-6-5-7-12(13(10)18)14(20)21/h5-8H,9,19H2,1-4H3,(H,20,21). The molecule has 0 atom stereocenters. The molecule has 23 heavy (non-hydrogen) atoms. The molecule has 3 N–H and O–H groups in total. The van der Waals surface area contributed by atoms with Crippen molar-refractivity contribution in [1.29, 1.82) is 0 Å². The van der Waals surface area contributed by atoms with Crippen LogP contribution >= 0.6 is 11.6 Å². The number of nitrogens with two attached hydrogens (primary N) is 1. The SMILES string of the molecule is CC1(C)OB(C(=Cc2cccc(C(=O)O)c2Cl)CN)OC1(C)C. The molecule has 1 aliphatic rings. The fourth-order valence-electron chi connectivity index (χ4n) is 2.24. The highest BCUT2D eigenvalue weighted by molar-refractivity contribution is 6.56. The Morgan fingerprint density at radius 3 is 2.35 bits per heavy atom. The van der Waals surface area contributed by atoms with E-state index >= 15 is 0 Å². The Bertz CT molecular complexity index is 641. The number of benzene rings is 1. The smallest absolute Gasteiger partial charge is 0.478 e. The van der Waals surface area contributed by atoms with Gasteiger partial charge in [0.2, 0.25) is 0 Å². The molecule has 0 unspecified atom stereocenters. The van der Waals surface area contributed by atoms with Gasteiger partial charge < -0.3 is 20.1 Å². The number of carboxylic acid groups (broad SMARTS) is 1. The summed E-state index contributed by atoms with van der Waals surface area (Å²) in [6.45, 7) is 8.04. The minimum atomic E-state index is -1.07. The average molecular weight is 338 g/mol. The van der Waals surface area contributed by atoms with Crippen LogP contribution in [0.25, 0.3) is 6.08 Å². The van der Waals surface area contributed by atoms with Crippen LogP contribution in [-0.2, 0) is 9.31 Å². The van der Waals surface area contributed by atoms with E-state index in [1.165, 1.54) is 6.07 Å². The molecule has 1 saturated heterocycles. The van der Waals surface area contributed by atoms with Crippen LogP contribution in [0.1, 0.15) is 43.6 Å². The van der Waals surface area contributed by atoms with Crippen molar-refractivity contribution in [3.8, 4) is 0 Å². The second-order valence-electron chi connectivity index (χ2n) is 6.53. The normalized spacial score (nSPS) is 19.9. The van der Waals surface area contributed by atoms with E-state index in [4.69, 9.17) is 31.7 Å². The molecule has 0 aromatic heterocycles. The first-order valence-electron chi connectivity index (χ1n) is 7.37. The van der Waals surface area contributed by atoms with Gasteiger partial charge in [0.15, 0.2) is 0 Å². The van der Waals surface area contributed by atoms with Crippen molar-refractivity contribution >= 4 is 30.8 Å². The largest absolute Gasteiger partial charge is 0.491 e. The molecular weight excluding hydrogens is 316 g/mol. The Labute approximate surface area is 141 Å². The highest BCUT2D eigenvalue weighted by Crippen LogP contribution is 2.39. The number of aromatic carboxylic acids is 1. The number of carbonyl (C=O) groups is 1. The first-order valence-corrected chi connectivity index (χ1v) is 7.75. The molecule has 0 radical (unpaired) electrons. The molecule has 0 spiro atoms. The highest BCUT2D eigenvalue weighted by atomic mass is 35.5. The number of carboxylic acids is 1. The van der Waals surface area contributed by atoms with E-state index in [0.29, 0.717) is 11.0 Å². The summed E-state index contributed by atoms with van der Waals surface area (Å²) < 4.78 is 12.0. The van der Waals surface area contributed by atoms with Gasteiger partial charge in [0, 0.05) is 6.54 Å². The second-order valence-corrected chi connectivity index (χ2v) is 6.90. The molecule has 0 aliphatic carbocycles. The van der Waals surface area contributed by atoms with Crippen molar-refractivity contribution in [3.05, 3.63) is 39.8 Å². The Hall–Kier alpha value is -1.34. The van der Waals surface area contributed by atoms with Gasteiger partial charge in [0.1, 0.15) is 0 Å². The molecule has 0 bridgehead atoms. The van der Waals surface area contributed by atoms with Crippen LogP contribution in [0.2, 0.25) is 5.02 Å². The van der Waals surface area contributed by atoms with Gasteiger partial charge in [-0.1, -0.05) is 29.8 Å². The molecule has 0 amide bonds. The van der Waals surface area contributed by atoms with Crippen LogP contribution in [0, 0.1) is 0 Å². The van der Waals surface area contributed by atoms with Gasteiger partial charge in [0.25, 0.3) is 0 Å². The first-order chi connectivity index (χ1) is 10.6. The maximum absolute atomic E-state index is 11.2. The van der Waals surface area contributed by atoms with Gasteiger partial charge in [-0.25, -0.2) is 4.79 Å². The van der Waals surface area contributed by atoms with E-state index in [2.05, 4.69) is 0 Å². The van der Waals surface area contributed by atoms with E-state index < -0.39 is 24.3 Å². The number of rotatable bonds is 4. The lowest BCUT2D eigenvalue weighted by atomic mass is 9.77. The third-order valence-corrected chi connectivity index (χ3v) is 4.81. The van der Waals surface area contributed by atoms with Crippen molar-refractivity contribution in [1.82, 2.24) is 0 Å². The summed E-state index contributed by atoms with van der Waals surface area (Å²) in [5.74, 6) is -1.07. The van der Waals surface area contributed by atoms with E-state index in [0.717, 1.165) is 0 Å². The van der Waals surface area contributed by atoms with Crippen LogP contribution in [0.15, 0.2) is 23.7 Å². The Balaban J connectivity index is 2.38. The molecule has 1 heterocycles. The molecule has 2 rings (SSSR count). The summed E-state index contributed by atoms with van der Waals surface area (Å²) in [5.41, 5.74) is 6.21. The zero-order valence-corrected chi connectivity index (χ0v) is 14.5. The monoisotopic (exact) mass is 337 g/mol. The molecule has 1 fully saturated rings. The fraction of sp³-hybridized carbons (Fsp3) is 0.438. The van der Waals surface area contributed by atoms with Crippen LogP contribution in [0.5, 0.6) is 0 Å². The molecule has 1 aliphatic heterocycles. The number of hydrogen-bond donors (Lipinski definition) is 2. The Morgan fingerprint density at radius 2 is 1.87 bits per heavy atom. The van der Waals surface area contributed by atoms with E-state index in [1.54, 1.807) is 18.2 Å². The van der Waals surface area contributed by atoms with Gasteiger partial charge in [-0.2, -0.15) is 0 Å². The summed E-state index contributed by atoms with van der Waals surface area (Å²) in [6, 6.07) is 4.83. The van der Waals surface area contributed by atoms with E-state index in [-0.39, 0.29) is 17.1 Å². The van der Waals surface area contributed by atoms with E-state index in [1.807, 2.05) is 27.7 Å². The summed E-state index contributed by atoms with van der Waals surface area (Å²) in [6.07, 6.45) is 1.73. The molecule has 0 saturated carbocycles. The topological polar surface area (TPSA) is 81.8 Å². The van der Waals surface area contributed by atoms with Crippen LogP contribution in [0.3, 0.4) is 0 Å². The average Bonchev–Trinajstić information content (AvgIpc) is 2.65. The predicted molar refractivity (Wildman–Crippen MR) is 91.5 cm³/mol. The van der Waals surface area contributed by atoms with Gasteiger partial charge in [0.05, 0.1) is 21.8 Å². The summed E-state index contributed by atoms with van der Waals surface area (Å²) >= 11 is 6.18. The maximum Gasteiger partial charge on any atom is 0.491 e. The number of hydrogen-bond acceptors (Lipinski definition) is 4. The molecule has 5 nitrogen and oxygen atoms in total. The third-order valence-electron chi connectivity index (χ3n) is 4.39. The summed E-state index contributed by atoms with van der Waals surface area (Å²) in [7, 11) is -0.588. The van der Waals surface area contributed by atoms with Crippen molar-refractivity contribution in [2.75, 3.05) is 6.54 Å². The fourth-order valence-corrected chi connectivity index (χ4v) is 2.51. The van der Waals surface area contributed by atoms with Crippen molar-refractivity contribution < 1.29 is 19.2 Å². The molecule has 7 heteroatoms. The van der Waals surface area contributed by atoms with Gasteiger partial charge in [-0.3, -0.25) is 0 Å². The molecule has 124 valence electrons. The van der Waals surface area contributed by atoms with E-state index in [9.17, 15) is 4.79 Å². The molecule has 1 aromatic rings. The Kier molecular flexibility index (Phi) is 4.92. The van der Waals surface area contributed by atoms with Crippen molar-refractivity contribution in [2.24, 2.45) is 5.73 Å². The zero-order chi connectivity index (χ0) is 17.4. The summed E-state index contributed by atoms with van der Waals surface area (Å²) in [5, 5.41) is 9.32. The molecular formula is C16H21BClNO4. The lowest BCUT2D eigenvalue weighted by molar-refractivity contribution is 0.00578. The minimum Gasteiger partial charge on any atom is -0.478 e. The van der Waals surface area contributed by atoms with Crippen molar-refractivity contribution in [3.63, 3.8) is 0 Å². The van der Waals surface area contributed by atoms with Crippen molar-refractivity contribution in [2.45, 2.75) is 38.9 Å². The third kappa shape index (κ3) is 3.45. The second kappa shape index (κ2) is 6.28. The lowest BCUT2D eigenvalue weighted by Crippen LogP contribution is -2.41. The number of halogens is 1. The van der Waals surface area contributed by atoms with Crippen LogP contribution in [-0.4, -0.2) is 35.9 Å². The molecule has 1 aromatic carbocycles. The van der Waals surface area contributed by atoms with Gasteiger partial charge >= 0.3 is 13.1 Å². The van der Waals surface area contributed by atoms with Gasteiger partial charge in [-0.15, -0.1) is 0 Å². The maximum atomic E-state index is 11.2. The minimum absolute atomic E-state index is 0.0470. The highest BCUT2D eigenvalue weighted by Gasteiger charge is 2.52. The van der Waals surface area contributed by atoms with Gasteiger partial charge in [-0.05, 0) is 44.8 Å². The van der Waals surface area contributed by atoms with Crippen LogP contribution in [0.4, 0.5) is 0 Å².